The van der Waals surface area contributed by atoms with E-state index in [1.807, 2.05) is 43.3 Å². The predicted molar refractivity (Wildman–Crippen MR) is 121 cm³/mol. The smallest absolute Gasteiger partial charge is 0.305 e. The first-order valence-electron chi connectivity index (χ1n) is 10.3. The molecule has 8 heteroatoms. The highest BCUT2D eigenvalue weighted by atomic mass is 31.2. The van der Waals surface area contributed by atoms with Crippen molar-refractivity contribution in [3.63, 3.8) is 0 Å². The van der Waals surface area contributed by atoms with Crippen molar-refractivity contribution in [2.75, 3.05) is 26.4 Å². The van der Waals surface area contributed by atoms with Gasteiger partial charge in [-0.25, -0.2) is 0 Å². The number of hydrogen-bond donors (Lipinski definition) is 0. The van der Waals surface area contributed by atoms with Gasteiger partial charge in [-0.2, -0.15) is 0 Å². The summed E-state index contributed by atoms with van der Waals surface area (Å²) < 4.78 is 48.2. The van der Waals surface area contributed by atoms with Crippen LogP contribution in [0.3, 0.4) is 0 Å². The third kappa shape index (κ3) is 5.91. The van der Waals surface area contributed by atoms with Gasteiger partial charge in [0.1, 0.15) is 0 Å². The van der Waals surface area contributed by atoms with Gasteiger partial charge < -0.3 is 18.1 Å². The fourth-order valence-corrected chi connectivity index (χ4v) is 6.43. The van der Waals surface area contributed by atoms with Crippen LogP contribution in [0.15, 0.2) is 48.5 Å². The lowest BCUT2D eigenvalue weighted by molar-refractivity contribution is 0.229. The molecule has 2 aromatic rings. The van der Waals surface area contributed by atoms with Crippen LogP contribution in [-0.4, -0.2) is 26.4 Å². The van der Waals surface area contributed by atoms with E-state index in [2.05, 4.69) is 0 Å². The van der Waals surface area contributed by atoms with Crippen molar-refractivity contribution < 1.29 is 27.2 Å². The molecular weight excluding hydrogens is 422 g/mol. The lowest BCUT2D eigenvalue weighted by Crippen LogP contribution is -2.14. The zero-order valence-corrected chi connectivity index (χ0v) is 20.2. The van der Waals surface area contributed by atoms with E-state index in [0.717, 1.165) is 11.1 Å². The Kier molecular flexibility index (Phi) is 9.49. The molecule has 0 aliphatic heterocycles. The highest BCUT2D eigenvalue weighted by Gasteiger charge is 2.29. The summed E-state index contributed by atoms with van der Waals surface area (Å²) in [6, 6.07) is 14.9. The van der Waals surface area contributed by atoms with Gasteiger partial charge in [0.05, 0.1) is 37.0 Å². The second-order valence-electron chi connectivity index (χ2n) is 6.58. The summed E-state index contributed by atoms with van der Waals surface area (Å²) in [7, 11) is -6.74. The van der Waals surface area contributed by atoms with Gasteiger partial charge in [-0.05, 0) is 63.1 Å². The Hall–Kier alpha value is -1.26. The van der Waals surface area contributed by atoms with Crippen LogP contribution in [-0.2, 0) is 27.2 Å². The minimum Gasteiger partial charge on any atom is -0.305 e. The Morgan fingerprint density at radius 3 is 1.30 bits per heavy atom. The molecule has 0 saturated carbocycles. The molecule has 0 aliphatic carbocycles. The van der Waals surface area contributed by atoms with Crippen molar-refractivity contribution in [1.82, 2.24) is 0 Å². The molecule has 0 fully saturated rings. The Balaban J connectivity index is 2.41. The highest BCUT2D eigenvalue weighted by molar-refractivity contribution is 7.62. The van der Waals surface area contributed by atoms with Gasteiger partial charge in [0.25, 0.3) is 0 Å². The van der Waals surface area contributed by atoms with Crippen molar-refractivity contribution in [1.29, 1.82) is 0 Å². The third-order valence-corrected chi connectivity index (χ3v) is 8.78. The van der Waals surface area contributed by atoms with Gasteiger partial charge in [0, 0.05) is 5.92 Å². The lowest BCUT2D eigenvalue weighted by Gasteiger charge is -2.21. The highest BCUT2D eigenvalue weighted by Crippen LogP contribution is 2.48. The minimum atomic E-state index is -3.37. The standard InChI is InChI=1S/C22H32O6P2/c1-6-25-29(23,26-7-2)21-14-10-12-19(16-21)18(5)20-13-11-15-22(17-20)30(24,27-8-3)28-9-4/h10-18H,6-9H2,1-5H3. The molecular formula is C22H32O6P2. The van der Waals surface area contributed by atoms with Crippen molar-refractivity contribution in [2.45, 2.75) is 40.5 Å². The Morgan fingerprint density at radius 2 is 1.00 bits per heavy atom. The fraction of sp³-hybridized carbons (Fsp3) is 0.455. The summed E-state index contributed by atoms with van der Waals surface area (Å²) in [6.45, 7) is 10.4. The molecule has 0 heterocycles. The maximum atomic E-state index is 13.1. The first-order chi connectivity index (χ1) is 14.3. The fourth-order valence-electron chi connectivity index (χ4n) is 3.17. The van der Waals surface area contributed by atoms with Gasteiger partial charge in [0.2, 0.25) is 0 Å². The molecule has 0 spiro atoms. The topological polar surface area (TPSA) is 71.1 Å². The van der Waals surface area contributed by atoms with Gasteiger partial charge in [0.15, 0.2) is 0 Å². The summed E-state index contributed by atoms with van der Waals surface area (Å²) in [5.41, 5.74) is 1.90. The quantitative estimate of drug-likeness (QED) is 0.388. The van der Waals surface area contributed by atoms with Crippen LogP contribution >= 0.6 is 15.2 Å². The van der Waals surface area contributed by atoms with Crippen LogP contribution in [0.1, 0.15) is 51.7 Å². The monoisotopic (exact) mass is 454 g/mol. The maximum Gasteiger partial charge on any atom is 0.361 e. The minimum absolute atomic E-state index is 0.0432. The van der Waals surface area contributed by atoms with E-state index in [0.29, 0.717) is 37.0 Å². The normalized spacial score (nSPS) is 12.5. The molecule has 0 unspecified atom stereocenters. The largest absolute Gasteiger partial charge is 0.361 e. The average molecular weight is 454 g/mol. The van der Waals surface area contributed by atoms with E-state index >= 15 is 0 Å². The van der Waals surface area contributed by atoms with E-state index < -0.39 is 15.2 Å². The molecule has 0 amide bonds. The summed E-state index contributed by atoms with van der Waals surface area (Å²) in [5.74, 6) is -0.0432. The first-order valence-corrected chi connectivity index (χ1v) is 13.4. The lowest BCUT2D eigenvalue weighted by atomic mass is 9.93. The molecule has 0 N–H and O–H groups in total. The second kappa shape index (κ2) is 11.4. The molecule has 30 heavy (non-hydrogen) atoms. The van der Waals surface area contributed by atoms with Crippen molar-refractivity contribution in [3.05, 3.63) is 59.7 Å². The summed E-state index contributed by atoms with van der Waals surface area (Å²) in [5, 5.41) is 1.06. The van der Waals surface area contributed by atoms with Gasteiger partial charge in [-0.3, -0.25) is 9.13 Å². The van der Waals surface area contributed by atoms with Crippen LogP contribution in [0.5, 0.6) is 0 Å². The zero-order valence-electron chi connectivity index (χ0n) is 18.4. The maximum absolute atomic E-state index is 13.1. The van der Waals surface area contributed by atoms with Crippen molar-refractivity contribution >= 4 is 25.8 Å². The van der Waals surface area contributed by atoms with Crippen LogP contribution in [0.4, 0.5) is 0 Å². The molecule has 0 saturated heterocycles. The predicted octanol–water partition coefficient (Wildman–Crippen LogP) is 5.62. The average Bonchev–Trinajstić information content (AvgIpc) is 2.74. The summed E-state index contributed by atoms with van der Waals surface area (Å²) in [4.78, 5) is 0. The number of hydrogen-bond acceptors (Lipinski definition) is 6. The zero-order chi connectivity index (χ0) is 22.2. The van der Waals surface area contributed by atoms with Crippen LogP contribution in [0.25, 0.3) is 0 Å². The molecule has 2 rings (SSSR count). The van der Waals surface area contributed by atoms with Gasteiger partial charge in [-0.1, -0.05) is 31.2 Å². The van der Waals surface area contributed by atoms with E-state index in [1.165, 1.54) is 0 Å². The molecule has 6 nitrogen and oxygen atoms in total. The van der Waals surface area contributed by atoms with Crippen molar-refractivity contribution in [3.8, 4) is 0 Å². The summed E-state index contributed by atoms with van der Waals surface area (Å²) in [6.07, 6.45) is 0. The molecule has 0 aromatic heterocycles. The number of rotatable bonds is 12. The Bertz CT molecular complexity index is 821. The van der Waals surface area contributed by atoms with Crippen LogP contribution in [0.2, 0.25) is 0 Å². The Labute approximate surface area is 180 Å². The molecule has 0 atom stereocenters. The third-order valence-electron chi connectivity index (χ3n) is 4.57. The SMILES string of the molecule is CCOP(=O)(OCC)c1cccc(C(C)c2cccc(P(=O)(OCC)OCC)c2)c1. The molecule has 0 bridgehead atoms. The Morgan fingerprint density at radius 1 is 0.667 bits per heavy atom. The first kappa shape index (κ1) is 25.0. The second-order valence-corrected chi connectivity index (χ2v) is 10.6. The number of benzene rings is 2. The van der Waals surface area contributed by atoms with Crippen molar-refractivity contribution in [2.24, 2.45) is 0 Å². The molecule has 0 radical (unpaired) electrons. The van der Waals surface area contributed by atoms with E-state index in [1.54, 1.807) is 39.8 Å². The molecule has 0 aliphatic rings. The van der Waals surface area contributed by atoms with Gasteiger partial charge >= 0.3 is 15.2 Å². The van der Waals surface area contributed by atoms with E-state index in [4.69, 9.17) is 18.1 Å². The molecule has 2 aromatic carbocycles. The van der Waals surface area contributed by atoms with Crippen LogP contribution < -0.4 is 10.6 Å². The van der Waals surface area contributed by atoms with E-state index in [-0.39, 0.29) is 5.92 Å². The van der Waals surface area contributed by atoms with E-state index in [9.17, 15) is 9.13 Å². The van der Waals surface area contributed by atoms with Gasteiger partial charge in [-0.15, -0.1) is 0 Å². The molecule has 166 valence electrons. The van der Waals surface area contributed by atoms with Crippen LogP contribution in [0, 0.1) is 0 Å². The summed E-state index contributed by atoms with van der Waals surface area (Å²) >= 11 is 0.